The monoisotopic (exact) mass is 289 g/mol. The maximum atomic E-state index is 12.0. The fraction of sp³-hybridized carbons (Fsp3) is 0.438. The Hall–Kier alpha value is -2.01. The smallest absolute Gasteiger partial charge is 0.225 e. The average Bonchev–Trinajstić information content (AvgIpc) is 2.48. The summed E-state index contributed by atoms with van der Waals surface area (Å²) >= 11 is 0. The lowest BCUT2D eigenvalue weighted by atomic mass is 10.1. The number of rotatable bonds is 5. The van der Waals surface area contributed by atoms with E-state index in [-0.39, 0.29) is 5.91 Å². The van der Waals surface area contributed by atoms with E-state index >= 15 is 0 Å². The summed E-state index contributed by atoms with van der Waals surface area (Å²) in [6.45, 7) is 4.88. The lowest BCUT2D eigenvalue weighted by molar-refractivity contribution is -0.116. The number of hydrogen-bond donors (Lipinski definition) is 2. The quantitative estimate of drug-likeness (QED) is 0.644. The van der Waals surface area contributed by atoms with E-state index in [1.54, 1.807) is 25.3 Å². The van der Waals surface area contributed by atoms with Crippen LogP contribution in [0.5, 0.6) is 5.75 Å². The van der Waals surface area contributed by atoms with E-state index in [1.807, 2.05) is 0 Å². The molecule has 0 radical (unpaired) electrons. The second kappa shape index (κ2) is 7.13. The van der Waals surface area contributed by atoms with Gasteiger partial charge in [-0.2, -0.15) is 0 Å². The standard InChI is InChI=1S/C16H23N3O2/c1-12-5-8-19(9-6-12)10-7-16(20)18-14-4-3-13(17)11-15(14)21-2/h3-5,11H,6-10,17H2,1-2H3,(H,18,20). The van der Waals surface area contributed by atoms with E-state index in [4.69, 9.17) is 10.5 Å². The molecule has 0 aromatic heterocycles. The van der Waals surface area contributed by atoms with Gasteiger partial charge in [-0.3, -0.25) is 9.69 Å². The second-order valence-corrected chi connectivity index (χ2v) is 5.36. The zero-order chi connectivity index (χ0) is 15.2. The van der Waals surface area contributed by atoms with Gasteiger partial charge >= 0.3 is 0 Å². The van der Waals surface area contributed by atoms with Gasteiger partial charge in [-0.25, -0.2) is 0 Å². The van der Waals surface area contributed by atoms with Crippen molar-refractivity contribution in [1.29, 1.82) is 0 Å². The van der Waals surface area contributed by atoms with E-state index in [1.165, 1.54) is 5.57 Å². The van der Waals surface area contributed by atoms with Crippen molar-refractivity contribution in [2.45, 2.75) is 19.8 Å². The molecule has 0 saturated heterocycles. The number of amides is 1. The topological polar surface area (TPSA) is 67.6 Å². The van der Waals surface area contributed by atoms with Gasteiger partial charge in [0, 0.05) is 37.8 Å². The van der Waals surface area contributed by atoms with Crippen molar-refractivity contribution in [3.63, 3.8) is 0 Å². The van der Waals surface area contributed by atoms with Crippen LogP contribution in [0.3, 0.4) is 0 Å². The number of methoxy groups -OCH3 is 1. The number of anilines is 2. The molecule has 5 heteroatoms. The molecule has 21 heavy (non-hydrogen) atoms. The van der Waals surface area contributed by atoms with Crippen molar-refractivity contribution in [2.24, 2.45) is 0 Å². The number of carbonyl (C=O) groups excluding carboxylic acids is 1. The number of nitrogens with zero attached hydrogens (tertiary/aromatic N) is 1. The first-order valence-corrected chi connectivity index (χ1v) is 7.20. The summed E-state index contributed by atoms with van der Waals surface area (Å²) in [5.41, 5.74) is 8.40. The van der Waals surface area contributed by atoms with Crippen molar-refractivity contribution >= 4 is 17.3 Å². The SMILES string of the molecule is COc1cc(N)ccc1NC(=O)CCN1CC=C(C)CC1. The van der Waals surface area contributed by atoms with Gasteiger partial charge in [0.1, 0.15) is 5.75 Å². The van der Waals surface area contributed by atoms with Crippen LogP contribution >= 0.6 is 0 Å². The molecule has 0 atom stereocenters. The first-order chi connectivity index (χ1) is 10.1. The zero-order valence-corrected chi connectivity index (χ0v) is 12.7. The normalized spacial score (nSPS) is 15.4. The van der Waals surface area contributed by atoms with Crippen molar-refractivity contribution in [1.82, 2.24) is 4.90 Å². The highest BCUT2D eigenvalue weighted by molar-refractivity contribution is 5.92. The number of nitrogens with two attached hydrogens (primary N) is 1. The van der Waals surface area contributed by atoms with E-state index in [9.17, 15) is 4.79 Å². The number of ether oxygens (including phenoxy) is 1. The minimum atomic E-state index is -0.00986. The number of nitrogens with one attached hydrogen (secondary N) is 1. The fourth-order valence-corrected chi connectivity index (χ4v) is 2.30. The Balaban J connectivity index is 1.85. The molecule has 1 aliphatic rings. The summed E-state index contributed by atoms with van der Waals surface area (Å²) in [5, 5.41) is 2.88. The Morgan fingerprint density at radius 1 is 1.48 bits per heavy atom. The molecule has 0 bridgehead atoms. The van der Waals surface area contributed by atoms with Gasteiger partial charge in [-0.15, -0.1) is 0 Å². The molecule has 1 aromatic rings. The number of hydrogen-bond acceptors (Lipinski definition) is 4. The summed E-state index contributed by atoms with van der Waals surface area (Å²) in [4.78, 5) is 14.3. The largest absolute Gasteiger partial charge is 0.494 e. The Kier molecular flexibility index (Phi) is 5.22. The highest BCUT2D eigenvalue weighted by atomic mass is 16.5. The van der Waals surface area contributed by atoms with Crippen molar-refractivity contribution in [3.8, 4) is 5.75 Å². The van der Waals surface area contributed by atoms with Crippen LogP contribution in [-0.2, 0) is 4.79 Å². The summed E-state index contributed by atoms with van der Waals surface area (Å²) in [7, 11) is 1.56. The van der Waals surface area contributed by atoms with Gasteiger partial charge in [-0.1, -0.05) is 11.6 Å². The van der Waals surface area contributed by atoms with Gasteiger partial charge in [0.15, 0.2) is 0 Å². The summed E-state index contributed by atoms with van der Waals surface area (Å²) in [6, 6.07) is 5.21. The molecule has 1 aliphatic heterocycles. The molecule has 1 heterocycles. The van der Waals surface area contributed by atoms with E-state index in [0.29, 0.717) is 23.5 Å². The highest BCUT2D eigenvalue weighted by Gasteiger charge is 2.12. The fourth-order valence-electron chi connectivity index (χ4n) is 2.30. The highest BCUT2D eigenvalue weighted by Crippen LogP contribution is 2.26. The van der Waals surface area contributed by atoms with Crippen LogP contribution in [0.2, 0.25) is 0 Å². The molecule has 0 spiro atoms. The van der Waals surface area contributed by atoms with E-state index in [2.05, 4.69) is 23.2 Å². The Bertz CT molecular complexity index is 540. The van der Waals surface area contributed by atoms with Crippen LogP contribution in [-0.4, -0.2) is 37.6 Å². The minimum absolute atomic E-state index is 0.00986. The predicted octanol–water partition coefficient (Wildman–Crippen LogP) is 2.26. The van der Waals surface area contributed by atoms with Gasteiger partial charge < -0.3 is 15.8 Å². The van der Waals surface area contributed by atoms with Crippen LogP contribution in [0.15, 0.2) is 29.8 Å². The third-order valence-electron chi connectivity index (χ3n) is 3.68. The predicted molar refractivity (Wildman–Crippen MR) is 85.5 cm³/mol. The molecule has 5 nitrogen and oxygen atoms in total. The zero-order valence-electron chi connectivity index (χ0n) is 12.7. The van der Waals surface area contributed by atoms with Gasteiger partial charge in [0.05, 0.1) is 12.8 Å². The second-order valence-electron chi connectivity index (χ2n) is 5.36. The van der Waals surface area contributed by atoms with E-state index < -0.39 is 0 Å². The third kappa shape index (κ3) is 4.49. The Morgan fingerprint density at radius 2 is 2.29 bits per heavy atom. The first-order valence-electron chi connectivity index (χ1n) is 7.20. The first kappa shape index (κ1) is 15.4. The Labute approximate surface area is 125 Å². The maximum Gasteiger partial charge on any atom is 0.225 e. The third-order valence-corrected chi connectivity index (χ3v) is 3.68. The van der Waals surface area contributed by atoms with Crippen molar-refractivity contribution < 1.29 is 9.53 Å². The van der Waals surface area contributed by atoms with E-state index in [0.717, 1.165) is 26.1 Å². The molecule has 0 saturated carbocycles. The van der Waals surface area contributed by atoms with Crippen LogP contribution in [0.25, 0.3) is 0 Å². The summed E-state index contributed by atoms with van der Waals surface area (Å²) < 4.78 is 5.22. The van der Waals surface area contributed by atoms with Crippen molar-refractivity contribution in [2.75, 3.05) is 37.8 Å². The maximum absolute atomic E-state index is 12.0. The summed E-state index contributed by atoms with van der Waals surface area (Å²) in [5.74, 6) is 0.573. The molecule has 0 unspecified atom stereocenters. The van der Waals surface area contributed by atoms with Gasteiger partial charge in [0.2, 0.25) is 5.91 Å². The minimum Gasteiger partial charge on any atom is -0.494 e. The lowest BCUT2D eigenvalue weighted by Gasteiger charge is -2.24. The van der Waals surface area contributed by atoms with Crippen LogP contribution < -0.4 is 15.8 Å². The van der Waals surface area contributed by atoms with Gasteiger partial charge in [0.25, 0.3) is 0 Å². The number of carbonyl (C=O) groups is 1. The summed E-state index contributed by atoms with van der Waals surface area (Å²) in [6.07, 6.45) is 3.79. The molecule has 0 aliphatic carbocycles. The van der Waals surface area contributed by atoms with Crippen molar-refractivity contribution in [3.05, 3.63) is 29.8 Å². The molecule has 114 valence electrons. The molecule has 0 fully saturated rings. The van der Waals surface area contributed by atoms with Gasteiger partial charge in [-0.05, 0) is 25.5 Å². The molecular weight excluding hydrogens is 266 g/mol. The molecule has 1 amide bonds. The number of benzene rings is 1. The average molecular weight is 289 g/mol. The molecular formula is C16H23N3O2. The number of nitrogen functional groups attached to an aromatic ring is 1. The molecule has 3 N–H and O–H groups in total. The molecule has 2 rings (SSSR count). The van der Waals surface area contributed by atoms with Crippen LogP contribution in [0, 0.1) is 0 Å². The molecule has 1 aromatic carbocycles. The Morgan fingerprint density at radius 3 is 2.95 bits per heavy atom. The van der Waals surface area contributed by atoms with Crippen LogP contribution in [0.1, 0.15) is 19.8 Å². The van der Waals surface area contributed by atoms with Crippen LogP contribution in [0.4, 0.5) is 11.4 Å². The lowest BCUT2D eigenvalue weighted by Crippen LogP contribution is -2.31.